The van der Waals surface area contributed by atoms with Gasteiger partial charge in [0.1, 0.15) is 0 Å². The Morgan fingerprint density at radius 3 is 2.58 bits per heavy atom. The van der Waals surface area contributed by atoms with Gasteiger partial charge in [-0.3, -0.25) is 15.0 Å². The van der Waals surface area contributed by atoms with Crippen molar-refractivity contribution in [3.63, 3.8) is 0 Å². The van der Waals surface area contributed by atoms with Crippen molar-refractivity contribution >= 4 is 5.69 Å². The Morgan fingerprint density at radius 1 is 1.26 bits per heavy atom. The molecular formula is C15H22N2O2. The number of non-ortho nitro benzene ring substituents is 1. The number of hydrogen-bond acceptors (Lipinski definition) is 3. The summed E-state index contributed by atoms with van der Waals surface area (Å²) in [7, 11) is 2.13. The maximum absolute atomic E-state index is 10.8. The summed E-state index contributed by atoms with van der Waals surface area (Å²) < 4.78 is 0. The average molecular weight is 262 g/mol. The van der Waals surface area contributed by atoms with Gasteiger partial charge in [-0.15, -0.1) is 0 Å². The van der Waals surface area contributed by atoms with Crippen molar-refractivity contribution in [1.29, 1.82) is 0 Å². The van der Waals surface area contributed by atoms with E-state index in [1.54, 1.807) is 18.2 Å². The summed E-state index contributed by atoms with van der Waals surface area (Å²) in [6.45, 7) is 0.798. The number of nitrogens with zero attached hydrogens (tertiary/aromatic N) is 2. The van der Waals surface area contributed by atoms with Crippen LogP contribution in [0.3, 0.4) is 0 Å². The van der Waals surface area contributed by atoms with E-state index in [0.717, 1.165) is 12.1 Å². The molecule has 4 nitrogen and oxygen atoms in total. The van der Waals surface area contributed by atoms with Crippen molar-refractivity contribution in [2.75, 3.05) is 7.05 Å². The lowest BCUT2D eigenvalue weighted by Gasteiger charge is -2.27. The number of rotatable bonds is 4. The second kappa shape index (κ2) is 6.66. The molecule has 4 heteroatoms. The van der Waals surface area contributed by atoms with E-state index in [-0.39, 0.29) is 10.6 Å². The van der Waals surface area contributed by atoms with Crippen LogP contribution in [0.15, 0.2) is 24.3 Å². The molecule has 0 atom stereocenters. The summed E-state index contributed by atoms with van der Waals surface area (Å²) in [6, 6.07) is 7.61. The maximum atomic E-state index is 10.8. The zero-order valence-corrected chi connectivity index (χ0v) is 11.5. The molecule has 0 spiro atoms. The molecule has 1 aliphatic rings. The van der Waals surface area contributed by atoms with Crippen LogP contribution in [0.25, 0.3) is 0 Å². The third-order valence-electron chi connectivity index (χ3n) is 4.00. The largest absolute Gasteiger partial charge is 0.299 e. The third-order valence-corrected chi connectivity index (χ3v) is 4.00. The topological polar surface area (TPSA) is 46.4 Å². The van der Waals surface area contributed by atoms with Gasteiger partial charge in [0.05, 0.1) is 4.92 Å². The Balaban J connectivity index is 1.99. The van der Waals surface area contributed by atoms with Crippen molar-refractivity contribution in [3.8, 4) is 0 Å². The maximum Gasteiger partial charge on any atom is 0.269 e. The molecule has 1 aliphatic carbocycles. The molecule has 1 aromatic carbocycles. The van der Waals surface area contributed by atoms with Crippen LogP contribution in [-0.4, -0.2) is 22.9 Å². The van der Waals surface area contributed by atoms with E-state index >= 15 is 0 Å². The molecule has 0 heterocycles. The number of benzene rings is 1. The van der Waals surface area contributed by atoms with Crippen molar-refractivity contribution in [2.45, 2.75) is 51.1 Å². The highest BCUT2D eigenvalue weighted by molar-refractivity contribution is 5.34. The first-order valence-corrected chi connectivity index (χ1v) is 7.10. The highest BCUT2D eigenvalue weighted by Gasteiger charge is 2.17. The number of nitro groups is 1. The minimum Gasteiger partial charge on any atom is -0.299 e. The van der Waals surface area contributed by atoms with Crippen LogP contribution in [0.1, 0.15) is 44.1 Å². The van der Waals surface area contributed by atoms with Gasteiger partial charge in [-0.2, -0.15) is 0 Å². The van der Waals surface area contributed by atoms with Gasteiger partial charge < -0.3 is 0 Å². The van der Waals surface area contributed by atoms with Crippen LogP contribution in [0.4, 0.5) is 5.69 Å². The highest BCUT2D eigenvalue weighted by atomic mass is 16.6. The van der Waals surface area contributed by atoms with Crippen molar-refractivity contribution in [1.82, 2.24) is 4.90 Å². The minimum atomic E-state index is -0.324. The van der Waals surface area contributed by atoms with Crippen LogP contribution >= 0.6 is 0 Å². The van der Waals surface area contributed by atoms with Gasteiger partial charge in [0.25, 0.3) is 5.69 Å². The first-order chi connectivity index (χ1) is 9.16. The summed E-state index contributed by atoms with van der Waals surface area (Å²) >= 11 is 0. The smallest absolute Gasteiger partial charge is 0.269 e. The normalized spacial score (nSPS) is 17.4. The first-order valence-electron chi connectivity index (χ1n) is 7.10. The van der Waals surface area contributed by atoms with Gasteiger partial charge in [-0.1, -0.05) is 37.8 Å². The second-order valence-electron chi connectivity index (χ2n) is 5.49. The fourth-order valence-electron chi connectivity index (χ4n) is 2.88. The van der Waals surface area contributed by atoms with E-state index < -0.39 is 0 Å². The lowest BCUT2D eigenvalue weighted by Crippen LogP contribution is -2.30. The van der Waals surface area contributed by atoms with Crippen molar-refractivity contribution in [2.24, 2.45) is 0 Å². The molecule has 0 aliphatic heterocycles. The molecule has 0 N–H and O–H groups in total. The van der Waals surface area contributed by atoms with Gasteiger partial charge in [0.15, 0.2) is 0 Å². The van der Waals surface area contributed by atoms with Crippen LogP contribution in [0, 0.1) is 10.1 Å². The Bertz CT molecular complexity index is 426. The molecule has 0 unspecified atom stereocenters. The van der Waals surface area contributed by atoms with E-state index in [4.69, 9.17) is 0 Å². The molecule has 0 bridgehead atoms. The Kier molecular flexibility index (Phi) is 4.91. The minimum absolute atomic E-state index is 0.187. The van der Waals surface area contributed by atoms with E-state index in [0.29, 0.717) is 6.04 Å². The molecule has 0 radical (unpaired) electrons. The monoisotopic (exact) mass is 262 g/mol. The molecule has 0 saturated heterocycles. The Labute approximate surface area is 114 Å². The molecule has 19 heavy (non-hydrogen) atoms. The lowest BCUT2D eigenvalue weighted by atomic mass is 10.1. The zero-order chi connectivity index (χ0) is 13.7. The fraction of sp³-hybridized carbons (Fsp3) is 0.600. The molecule has 1 saturated carbocycles. The Hall–Kier alpha value is -1.42. The predicted molar refractivity (Wildman–Crippen MR) is 76.1 cm³/mol. The summed E-state index contributed by atoms with van der Waals surface area (Å²) in [5.41, 5.74) is 1.22. The Morgan fingerprint density at radius 2 is 1.95 bits per heavy atom. The molecule has 1 aromatic rings. The molecule has 2 rings (SSSR count). The molecule has 1 fully saturated rings. The van der Waals surface area contributed by atoms with E-state index in [1.165, 1.54) is 38.5 Å². The summed E-state index contributed by atoms with van der Waals surface area (Å²) in [5.74, 6) is 0. The SMILES string of the molecule is CN(Cc1cccc([N+](=O)[O-])c1)C1CCCCCC1. The van der Waals surface area contributed by atoms with Crippen molar-refractivity contribution < 1.29 is 4.92 Å². The number of nitro benzene ring substituents is 1. The summed E-state index contributed by atoms with van der Waals surface area (Å²) in [6.07, 6.45) is 7.83. The van der Waals surface area contributed by atoms with Crippen LogP contribution < -0.4 is 0 Å². The van der Waals surface area contributed by atoms with E-state index in [2.05, 4.69) is 11.9 Å². The van der Waals surface area contributed by atoms with Gasteiger partial charge in [0.2, 0.25) is 0 Å². The van der Waals surface area contributed by atoms with Crippen LogP contribution in [-0.2, 0) is 6.54 Å². The standard InChI is InChI=1S/C15H22N2O2/c1-16(14-8-4-2-3-5-9-14)12-13-7-6-10-15(11-13)17(18)19/h6-7,10-11,14H,2-5,8-9,12H2,1H3. The molecule has 0 aromatic heterocycles. The predicted octanol–water partition coefficient (Wildman–Crippen LogP) is 3.75. The van der Waals surface area contributed by atoms with Crippen LogP contribution in [0.2, 0.25) is 0 Å². The third kappa shape index (κ3) is 4.03. The van der Waals surface area contributed by atoms with E-state index in [1.807, 2.05) is 6.07 Å². The fourth-order valence-corrected chi connectivity index (χ4v) is 2.88. The zero-order valence-electron chi connectivity index (χ0n) is 11.5. The molecule has 104 valence electrons. The summed E-state index contributed by atoms with van der Waals surface area (Å²) in [4.78, 5) is 12.8. The van der Waals surface area contributed by atoms with Gasteiger partial charge in [-0.25, -0.2) is 0 Å². The number of hydrogen-bond donors (Lipinski definition) is 0. The van der Waals surface area contributed by atoms with Gasteiger partial charge in [0, 0.05) is 24.7 Å². The quantitative estimate of drug-likeness (QED) is 0.471. The van der Waals surface area contributed by atoms with Gasteiger partial charge in [-0.05, 0) is 25.5 Å². The van der Waals surface area contributed by atoms with E-state index in [9.17, 15) is 10.1 Å². The van der Waals surface area contributed by atoms with Gasteiger partial charge >= 0.3 is 0 Å². The summed E-state index contributed by atoms with van der Waals surface area (Å²) in [5, 5.41) is 10.8. The molecule has 0 amide bonds. The highest BCUT2D eigenvalue weighted by Crippen LogP contribution is 2.23. The second-order valence-corrected chi connectivity index (χ2v) is 5.49. The lowest BCUT2D eigenvalue weighted by molar-refractivity contribution is -0.384. The van der Waals surface area contributed by atoms with Crippen LogP contribution in [0.5, 0.6) is 0 Å². The molecular weight excluding hydrogens is 240 g/mol. The average Bonchev–Trinajstić information content (AvgIpc) is 2.68. The van der Waals surface area contributed by atoms with Crippen molar-refractivity contribution in [3.05, 3.63) is 39.9 Å². The first kappa shape index (κ1) is 14.0.